The van der Waals surface area contributed by atoms with Gasteiger partial charge in [-0.05, 0) is 101 Å². The number of pyridine rings is 2. The number of nitrogens with zero attached hydrogens (tertiary/aromatic N) is 6. The molecular formula is C45H32N6S3. The summed E-state index contributed by atoms with van der Waals surface area (Å²) in [6.07, 6.45) is 9.73. The SMILES string of the molecule is Cc1c(-c2ccccc2C2=NC3C=CC=NC3S2)c(C)c(-c2ccccc2-c2nc3cccnc3s2)c(C)c1-c1ccccc1-c1nc2cccnc2s1. The number of fused-ring (bicyclic) bond motifs is 3. The summed E-state index contributed by atoms with van der Waals surface area (Å²) in [6.45, 7) is 6.84. The molecular weight excluding hydrogens is 721 g/mol. The van der Waals surface area contributed by atoms with E-state index < -0.39 is 0 Å². The number of rotatable bonds is 6. The Kier molecular flexibility index (Phi) is 8.16. The molecule has 4 aromatic heterocycles. The number of dihydropyridines is 1. The molecule has 2 aliphatic rings. The first-order chi connectivity index (χ1) is 26.5. The predicted molar refractivity (Wildman–Crippen MR) is 229 cm³/mol. The van der Waals surface area contributed by atoms with Crippen LogP contribution in [0.15, 0.2) is 132 Å². The first kappa shape index (κ1) is 33.0. The van der Waals surface area contributed by atoms with E-state index in [0.717, 1.165) is 69.1 Å². The van der Waals surface area contributed by atoms with E-state index in [1.54, 1.807) is 34.4 Å². The summed E-state index contributed by atoms with van der Waals surface area (Å²) < 4.78 is 0. The number of thiazole rings is 2. The van der Waals surface area contributed by atoms with Gasteiger partial charge in [0.1, 0.15) is 47.2 Å². The summed E-state index contributed by atoms with van der Waals surface area (Å²) in [5.74, 6) is 0. The topological polar surface area (TPSA) is 76.3 Å². The Balaban J connectivity index is 1.26. The molecule has 0 fully saturated rings. The van der Waals surface area contributed by atoms with Crippen LogP contribution >= 0.6 is 34.4 Å². The zero-order chi connectivity index (χ0) is 36.3. The smallest absolute Gasteiger partial charge is 0.143 e. The molecule has 54 heavy (non-hydrogen) atoms. The Hall–Kier alpha value is -5.61. The highest BCUT2D eigenvalue weighted by molar-refractivity contribution is 8.15. The minimum Gasteiger partial charge on any atom is -0.276 e. The zero-order valence-electron chi connectivity index (χ0n) is 29.7. The van der Waals surface area contributed by atoms with Crippen LogP contribution < -0.4 is 0 Å². The standard InChI is InChI=1S/C45H32N6S3/c1-25-37(28-13-4-7-16-31(28)40-49-34-19-10-22-46-43(34)52-40)26(2)39(30-15-6-9-18-33(30)42-51-36-21-12-24-48-45(36)54-42)27(3)38(25)29-14-5-8-17-32(29)41-50-35-20-11-23-47-44(35)53-41/h4-24,34,43H,1-3H3. The second-order valence-corrected chi connectivity index (χ2v) is 16.5. The number of hydrogen-bond acceptors (Lipinski definition) is 9. The first-order valence-electron chi connectivity index (χ1n) is 17.8. The molecule has 0 aliphatic carbocycles. The van der Waals surface area contributed by atoms with Gasteiger partial charge in [0.25, 0.3) is 0 Å². The van der Waals surface area contributed by atoms with Gasteiger partial charge in [-0.3, -0.25) is 9.98 Å². The lowest BCUT2D eigenvalue weighted by Crippen LogP contribution is -2.14. The van der Waals surface area contributed by atoms with E-state index in [1.807, 2.05) is 48.9 Å². The van der Waals surface area contributed by atoms with Gasteiger partial charge in [-0.25, -0.2) is 19.9 Å². The number of benzene rings is 4. The average Bonchev–Trinajstić information content (AvgIpc) is 3.95. The van der Waals surface area contributed by atoms with Crippen LogP contribution in [0.2, 0.25) is 0 Å². The quantitative estimate of drug-likeness (QED) is 0.169. The highest BCUT2D eigenvalue weighted by atomic mass is 32.2. The van der Waals surface area contributed by atoms with Crippen LogP contribution in [0, 0.1) is 20.8 Å². The molecule has 0 amide bonds. The summed E-state index contributed by atoms with van der Waals surface area (Å²) in [6, 6.07) is 34.1. The van der Waals surface area contributed by atoms with Gasteiger partial charge in [0, 0.05) is 35.3 Å². The molecule has 0 bridgehead atoms. The lowest BCUT2D eigenvalue weighted by molar-refractivity contribution is 0.791. The summed E-state index contributed by atoms with van der Waals surface area (Å²) in [5, 5.41) is 3.00. The van der Waals surface area contributed by atoms with Crippen molar-refractivity contribution >= 4 is 66.4 Å². The number of aromatic nitrogens is 4. The van der Waals surface area contributed by atoms with Gasteiger partial charge >= 0.3 is 0 Å². The van der Waals surface area contributed by atoms with Crippen LogP contribution in [0.1, 0.15) is 22.3 Å². The van der Waals surface area contributed by atoms with Crippen molar-refractivity contribution in [3.8, 4) is 54.5 Å². The van der Waals surface area contributed by atoms with Crippen molar-refractivity contribution in [1.29, 1.82) is 0 Å². The van der Waals surface area contributed by atoms with Gasteiger partial charge in [-0.2, -0.15) is 0 Å². The number of aliphatic imine (C=N–C) groups is 2. The molecule has 0 spiro atoms. The summed E-state index contributed by atoms with van der Waals surface area (Å²) in [7, 11) is 0. The molecule has 0 saturated heterocycles. The average molecular weight is 753 g/mol. The molecule has 8 aromatic rings. The zero-order valence-corrected chi connectivity index (χ0v) is 32.1. The van der Waals surface area contributed by atoms with E-state index in [0.29, 0.717) is 0 Å². The van der Waals surface area contributed by atoms with Crippen LogP contribution in [0.5, 0.6) is 0 Å². The molecule has 0 N–H and O–H groups in total. The fourth-order valence-corrected chi connectivity index (χ4v) is 11.0. The van der Waals surface area contributed by atoms with Crippen molar-refractivity contribution in [2.75, 3.05) is 0 Å². The molecule has 6 nitrogen and oxygen atoms in total. The molecule has 10 rings (SSSR count). The van der Waals surface area contributed by atoms with E-state index >= 15 is 0 Å². The Bertz CT molecular complexity index is 2670. The molecule has 0 radical (unpaired) electrons. The molecule has 9 heteroatoms. The summed E-state index contributed by atoms with van der Waals surface area (Å²) >= 11 is 5.02. The van der Waals surface area contributed by atoms with E-state index in [9.17, 15) is 0 Å². The van der Waals surface area contributed by atoms with Gasteiger partial charge in [-0.1, -0.05) is 113 Å². The van der Waals surface area contributed by atoms with Gasteiger partial charge in [0.15, 0.2) is 0 Å². The highest BCUT2D eigenvalue weighted by Crippen LogP contribution is 2.50. The Morgan fingerprint density at radius 1 is 0.519 bits per heavy atom. The third-order valence-corrected chi connectivity index (χ3v) is 13.5. The Labute approximate surface area is 325 Å². The van der Waals surface area contributed by atoms with Gasteiger partial charge < -0.3 is 0 Å². The molecule has 4 aromatic carbocycles. The van der Waals surface area contributed by atoms with Crippen LogP contribution in [-0.2, 0) is 0 Å². The molecule has 0 saturated carbocycles. The van der Waals surface area contributed by atoms with E-state index in [4.69, 9.17) is 20.0 Å². The minimum absolute atomic E-state index is 0.0414. The normalized spacial score (nSPS) is 16.3. The monoisotopic (exact) mass is 752 g/mol. The van der Waals surface area contributed by atoms with E-state index in [1.165, 1.54) is 33.4 Å². The number of hydrogen-bond donors (Lipinski definition) is 0. The maximum atomic E-state index is 5.21. The Morgan fingerprint density at radius 2 is 0.981 bits per heavy atom. The lowest BCUT2D eigenvalue weighted by Gasteiger charge is -2.26. The maximum Gasteiger partial charge on any atom is 0.143 e. The first-order valence-corrected chi connectivity index (χ1v) is 20.4. The largest absolute Gasteiger partial charge is 0.276 e. The molecule has 2 aliphatic heterocycles. The van der Waals surface area contributed by atoms with Gasteiger partial charge in [0.05, 0.1) is 0 Å². The van der Waals surface area contributed by atoms with Gasteiger partial charge in [0.2, 0.25) is 0 Å². The molecule has 6 heterocycles. The second kappa shape index (κ2) is 13.4. The molecule has 260 valence electrons. The summed E-state index contributed by atoms with van der Waals surface area (Å²) in [5.41, 5.74) is 15.8. The van der Waals surface area contributed by atoms with Crippen molar-refractivity contribution < 1.29 is 0 Å². The third-order valence-electron chi connectivity index (χ3n) is 10.3. The van der Waals surface area contributed by atoms with Crippen molar-refractivity contribution in [3.05, 3.63) is 144 Å². The van der Waals surface area contributed by atoms with Gasteiger partial charge in [-0.15, -0.1) is 0 Å². The van der Waals surface area contributed by atoms with Crippen LogP contribution in [0.25, 0.3) is 75.2 Å². The summed E-state index contributed by atoms with van der Waals surface area (Å²) in [4.78, 5) is 31.3. The minimum atomic E-state index is 0.0414. The van der Waals surface area contributed by atoms with Crippen LogP contribution in [-0.4, -0.2) is 42.6 Å². The van der Waals surface area contributed by atoms with Crippen molar-refractivity contribution in [2.24, 2.45) is 9.98 Å². The number of allylic oxidation sites excluding steroid dienone is 1. The van der Waals surface area contributed by atoms with E-state index in [-0.39, 0.29) is 11.4 Å². The van der Waals surface area contributed by atoms with Crippen molar-refractivity contribution in [2.45, 2.75) is 32.2 Å². The molecule has 2 unspecified atom stereocenters. The maximum absolute atomic E-state index is 5.21. The van der Waals surface area contributed by atoms with Crippen LogP contribution in [0.3, 0.4) is 0 Å². The fourth-order valence-electron chi connectivity index (χ4n) is 7.97. The van der Waals surface area contributed by atoms with E-state index in [2.05, 4.69) is 110 Å². The molecule has 2 atom stereocenters. The lowest BCUT2D eigenvalue weighted by atomic mass is 9.78. The number of thioether (sulfide) groups is 1. The predicted octanol–water partition coefficient (Wildman–Crippen LogP) is 11.8. The van der Waals surface area contributed by atoms with Crippen molar-refractivity contribution in [1.82, 2.24) is 19.9 Å². The second-order valence-electron chi connectivity index (χ2n) is 13.4. The fraction of sp³-hybridized carbons (Fsp3) is 0.111. The van der Waals surface area contributed by atoms with Crippen LogP contribution in [0.4, 0.5) is 0 Å². The Morgan fingerprint density at radius 3 is 1.46 bits per heavy atom. The van der Waals surface area contributed by atoms with Crippen molar-refractivity contribution in [3.63, 3.8) is 0 Å². The third kappa shape index (κ3) is 5.45. The highest BCUT2D eigenvalue weighted by Gasteiger charge is 2.32.